The van der Waals surface area contributed by atoms with Crippen molar-refractivity contribution in [1.82, 2.24) is 24.6 Å². The Morgan fingerprint density at radius 2 is 1.63 bits per heavy atom. The zero-order chi connectivity index (χ0) is 29.9. The van der Waals surface area contributed by atoms with Crippen LogP contribution in [0, 0.1) is 19.7 Å². The summed E-state index contributed by atoms with van der Waals surface area (Å²) in [6.07, 6.45) is 2.17. The first kappa shape index (κ1) is 28.5. The molecule has 43 heavy (non-hydrogen) atoms. The Balaban J connectivity index is 1.35. The van der Waals surface area contributed by atoms with Gasteiger partial charge in [-0.1, -0.05) is 67.1 Å². The van der Waals surface area contributed by atoms with E-state index in [4.69, 9.17) is 15.1 Å². The molecule has 2 aromatic heterocycles. The van der Waals surface area contributed by atoms with Crippen molar-refractivity contribution in [3.63, 3.8) is 0 Å². The van der Waals surface area contributed by atoms with Gasteiger partial charge in [0.25, 0.3) is 0 Å². The van der Waals surface area contributed by atoms with Crippen LogP contribution in [0.15, 0.2) is 78.9 Å². The third-order valence-corrected chi connectivity index (χ3v) is 8.30. The highest BCUT2D eigenvalue weighted by atomic mass is 19.1. The number of carbonyl (C=O) groups excluding carboxylic acids is 1. The summed E-state index contributed by atoms with van der Waals surface area (Å²) in [5, 5.41) is 5.72. The van der Waals surface area contributed by atoms with Gasteiger partial charge in [0.05, 0.1) is 22.7 Å². The smallest absolute Gasteiger partial charge is 0.230 e. The summed E-state index contributed by atoms with van der Waals surface area (Å²) in [4.78, 5) is 28.1. The molecule has 3 heterocycles. The zero-order valence-corrected chi connectivity index (χ0v) is 25.0. The van der Waals surface area contributed by atoms with Gasteiger partial charge in [-0.3, -0.25) is 4.79 Å². The van der Waals surface area contributed by atoms with Crippen LogP contribution in [0.3, 0.4) is 0 Å². The predicted octanol–water partition coefficient (Wildman–Crippen LogP) is 6.39. The summed E-state index contributed by atoms with van der Waals surface area (Å²) in [7, 11) is 0. The predicted molar refractivity (Wildman–Crippen MR) is 168 cm³/mol. The van der Waals surface area contributed by atoms with Crippen LogP contribution in [0.1, 0.15) is 53.9 Å². The zero-order valence-electron chi connectivity index (χ0n) is 25.0. The molecule has 1 saturated heterocycles. The minimum Gasteiger partial charge on any atom is -0.354 e. The van der Waals surface area contributed by atoms with Gasteiger partial charge in [-0.25, -0.2) is 19.0 Å². The van der Waals surface area contributed by atoms with E-state index in [1.807, 2.05) is 42.2 Å². The van der Waals surface area contributed by atoms with Gasteiger partial charge < -0.3 is 9.80 Å². The van der Waals surface area contributed by atoms with Gasteiger partial charge in [0.1, 0.15) is 17.5 Å². The number of amides is 1. The Kier molecular flexibility index (Phi) is 8.18. The quantitative estimate of drug-likeness (QED) is 0.225. The molecule has 0 saturated carbocycles. The molecule has 0 unspecified atom stereocenters. The van der Waals surface area contributed by atoms with Gasteiger partial charge in [0.15, 0.2) is 5.65 Å². The maximum absolute atomic E-state index is 13.8. The molecule has 0 radical (unpaired) electrons. The normalized spacial score (nSPS) is 14.6. The highest BCUT2D eigenvalue weighted by Gasteiger charge is 2.28. The Morgan fingerprint density at radius 3 is 2.35 bits per heavy atom. The number of carbonyl (C=O) groups is 1. The number of benzene rings is 3. The largest absolute Gasteiger partial charge is 0.354 e. The van der Waals surface area contributed by atoms with Crippen LogP contribution in [0.2, 0.25) is 0 Å². The number of anilines is 1. The Hall–Kier alpha value is -4.59. The SMILES string of the molecule is CC[C@H](C(=O)N1CCCN(c2nc(Cc3ccc(C)cc3)nc3c2c(C)nn3-c2ccc(F)cc2)CC1)c1ccccc1. The van der Waals surface area contributed by atoms with Crippen LogP contribution >= 0.6 is 0 Å². The fraction of sp³-hybridized carbons (Fsp3) is 0.314. The second kappa shape index (κ2) is 12.3. The second-order valence-electron chi connectivity index (χ2n) is 11.3. The van der Waals surface area contributed by atoms with Crippen molar-refractivity contribution in [2.24, 2.45) is 0 Å². The fourth-order valence-corrected chi connectivity index (χ4v) is 5.97. The number of rotatable bonds is 7. The molecule has 0 aliphatic carbocycles. The van der Waals surface area contributed by atoms with Crippen LogP contribution in [0.5, 0.6) is 0 Å². The van der Waals surface area contributed by atoms with Crippen molar-refractivity contribution < 1.29 is 9.18 Å². The number of nitrogens with zero attached hydrogens (tertiary/aromatic N) is 6. The molecule has 8 heteroatoms. The molecule has 0 bridgehead atoms. The van der Waals surface area contributed by atoms with Crippen molar-refractivity contribution in [2.75, 3.05) is 31.1 Å². The van der Waals surface area contributed by atoms with E-state index in [-0.39, 0.29) is 17.6 Å². The van der Waals surface area contributed by atoms with Crippen LogP contribution in [0.25, 0.3) is 16.7 Å². The lowest BCUT2D eigenvalue weighted by atomic mass is 9.95. The van der Waals surface area contributed by atoms with E-state index < -0.39 is 0 Å². The van der Waals surface area contributed by atoms with Crippen molar-refractivity contribution >= 4 is 22.8 Å². The lowest BCUT2D eigenvalue weighted by molar-refractivity contribution is -0.132. The van der Waals surface area contributed by atoms with E-state index in [0.29, 0.717) is 37.5 Å². The van der Waals surface area contributed by atoms with E-state index in [1.54, 1.807) is 16.8 Å². The monoisotopic (exact) mass is 576 g/mol. The topological polar surface area (TPSA) is 67.2 Å². The van der Waals surface area contributed by atoms with Crippen molar-refractivity contribution in [2.45, 2.75) is 46.0 Å². The molecule has 1 atom stereocenters. The van der Waals surface area contributed by atoms with Crippen molar-refractivity contribution in [3.8, 4) is 5.69 Å². The molecular weight excluding hydrogens is 539 g/mol. The highest BCUT2D eigenvalue weighted by Crippen LogP contribution is 2.31. The average Bonchev–Trinajstić information content (AvgIpc) is 3.18. The van der Waals surface area contributed by atoms with E-state index in [0.717, 1.165) is 53.1 Å². The lowest BCUT2D eigenvalue weighted by Crippen LogP contribution is -2.38. The van der Waals surface area contributed by atoms with Gasteiger partial charge in [-0.05, 0) is 62.1 Å². The molecule has 1 amide bonds. The Morgan fingerprint density at radius 1 is 0.884 bits per heavy atom. The molecule has 1 aliphatic heterocycles. The summed E-state index contributed by atoms with van der Waals surface area (Å²) in [5.41, 5.74) is 5.64. The van der Waals surface area contributed by atoms with Gasteiger partial charge in [0, 0.05) is 32.6 Å². The minimum atomic E-state index is -0.298. The third-order valence-electron chi connectivity index (χ3n) is 8.30. The van der Waals surface area contributed by atoms with E-state index in [9.17, 15) is 9.18 Å². The summed E-state index contributed by atoms with van der Waals surface area (Å²) in [6.45, 7) is 8.87. The summed E-state index contributed by atoms with van der Waals surface area (Å²) in [5.74, 6) is 1.28. The van der Waals surface area contributed by atoms with Crippen LogP contribution in [-0.2, 0) is 11.2 Å². The van der Waals surface area contributed by atoms with Gasteiger partial charge in [-0.2, -0.15) is 5.10 Å². The van der Waals surface area contributed by atoms with E-state index >= 15 is 0 Å². The van der Waals surface area contributed by atoms with Gasteiger partial charge >= 0.3 is 0 Å². The molecule has 0 spiro atoms. The third kappa shape index (κ3) is 6.00. The number of hydrogen-bond donors (Lipinski definition) is 0. The second-order valence-corrected chi connectivity index (χ2v) is 11.3. The van der Waals surface area contributed by atoms with E-state index in [2.05, 4.69) is 43.0 Å². The molecule has 6 rings (SSSR count). The van der Waals surface area contributed by atoms with Crippen molar-refractivity contribution in [3.05, 3.63) is 113 Å². The number of fused-ring (bicyclic) bond motifs is 1. The molecule has 7 nitrogen and oxygen atoms in total. The van der Waals surface area contributed by atoms with Crippen molar-refractivity contribution in [1.29, 1.82) is 0 Å². The average molecular weight is 577 g/mol. The summed E-state index contributed by atoms with van der Waals surface area (Å²) >= 11 is 0. The molecule has 0 N–H and O–H groups in total. The van der Waals surface area contributed by atoms with Crippen LogP contribution in [-0.4, -0.2) is 56.7 Å². The minimum absolute atomic E-state index is 0.143. The molecule has 1 fully saturated rings. The fourth-order valence-electron chi connectivity index (χ4n) is 5.97. The number of hydrogen-bond acceptors (Lipinski definition) is 5. The van der Waals surface area contributed by atoms with Crippen LogP contribution < -0.4 is 4.90 Å². The van der Waals surface area contributed by atoms with Crippen LogP contribution in [0.4, 0.5) is 10.2 Å². The number of aromatic nitrogens is 4. The summed E-state index contributed by atoms with van der Waals surface area (Å²) in [6, 6.07) is 24.8. The summed E-state index contributed by atoms with van der Waals surface area (Å²) < 4.78 is 15.6. The molecule has 3 aromatic carbocycles. The van der Waals surface area contributed by atoms with Gasteiger partial charge in [-0.15, -0.1) is 0 Å². The first-order valence-corrected chi connectivity index (χ1v) is 15.1. The molecular formula is C35H37FN6O. The molecule has 1 aliphatic rings. The molecule has 220 valence electrons. The Bertz CT molecular complexity index is 1720. The highest BCUT2D eigenvalue weighted by molar-refractivity contribution is 5.91. The van der Waals surface area contributed by atoms with Gasteiger partial charge in [0.2, 0.25) is 5.91 Å². The standard InChI is InChI=1S/C35H37FN6O/c1-4-30(27-9-6-5-7-10-27)35(43)41-20-8-19-40(21-22-41)33-32-25(3)39-42(29-17-15-28(36)16-18-29)34(32)38-31(37-33)23-26-13-11-24(2)12-14-26/h5-7,9-18,30H,4,8,19-23H2,1-3H3/t30-/m0/s1. The first-order valence-electron chi connectivity index (χ1n) is 15.1. The maximum Gasteiger partial charge on any atom is 0.230 e. The maximum atomic E-state index is 13.8. The number of aryl methyl sites for hydroxylation is 2. The molecule has 5 aromatic rings. The Labute approximate surface area is 252 Å². The number of halogens is 1. The lowest BCUT2D eigenvalue weighted by Gasteiger charge is -2.26. The van der Waals surface area contributed by atoms with E-state index in [1.165, 1.54) is 17.7 Å². The first-order chi connectivity index (χ1) is 20.9.